The molecule has 7 heteroatoms. The molecule has 0 saturated heterocycles. The number of carbonyl (C=O) groups is 3. The molecule has 0 saturated carbocycles. The largest absolute Gasteiger partial charge is 0.467 e. The van der Waals surface area contributed by atoms with Gasteiger partial charge in [0.1, 0.15) is 12.6 Å². The Labute approximate surface area is 140 Å². The molecule has 1 N–H and O–H groups in total. The number of hydrogen-bond acceptors (Lipinski definition) is 6. The molecule has 1 amide bonds. The SMILES string of the molecule is COC(=O)/C=C/C[C@@H](NC(=O)COCc1ccccc1)C(=O)OC. The number of rotatable bonds is 9. The minimum absolute atomic E-state index is 0.103. The highest BCUT2D eigenvalue weighted by molar-refractivity contribution is 5.85. The third kappa shape index (κ3) is 7.55. The minimum atomic E-state index is -0.899. The maximum atomic E-state index is 11.9. The second-order valence-electron chi connectivity index (χ2n) is 4.78. The molecular formula is C17H21NO6. The van der Waals surface area contributed by atoms with Crippen LogP contribution in [0.15, 0.2) is 42.5 Å². The summed E-state index contributed by atoms with van der Waals surface area (Å²) in [7, 11) is 2.47. The van der Waals surface area contributed by atoms with Crippen LogP contribution in [0.2, 0.25) is 0 Å². The zero-order chi connectivity index (χ0) is 17.8. The normalized spacial score (nSPS) is 11.8. The summed E-state index contributed by atoms with van der Waals surface area (Å²) >= 11 is 0. The molecule has 1 atom stereocenters. The van der Waals surface area contributed by atoms with Crippen molar-refractivity contribution in [1.82, 2.24) is 5.32 Å². The first kappa shape index (κ1) is 19.4. The van der Waals surface area contributed by atoms with E-state index in [-0.39, 0.29) is 13.0 Å². The van der Waals surface area contributed by atoms with E-state index in [4.69, 9.17) is 4.74 Å². The van der Waals surface area contributed by atoms with Gasteiger partial charge in [0.25, 0.3) is 0 Å². The number of esters is 2. The highest BCUT2D eigenvalue weighted by Gasteiger charge is 2.20. The van der Waals surface area contributed by atoms with Crippen molar-refractivity contribution < 1.29 is 28.6 Å². The summed E-state index contributed by atoms with van der Waals surface area (Å²) in [6.45, 7) is 0.0997. The van der Waals surface area contributed by atoms with Crippen LogP contribution in [-0.4, -0.2) is 44.7 Å². The fourth-order valence-corrected chi connectivity index (χ4v) is 1.80. The highest BCUT2D eigenvalue weighted by atomic mass is 16.5. The van der Waals surface area contributed by atoms with Crippen LogP contribution in [0.5, 0.6) is 0 Å². The number of benzene rings is 1. The summed E-state index contributed by atoms with van der Waals surface area (Å²) in [6, 6.07) is 8.50. The van der Waals surface area contributed by atoms with Gasteiger partial charge >= 0.3 is 11.9 Å². The Morgan fingerprint density at radius 3 is 2.46 bits per heavy atom. The lowest BCUT2D eigenvalue weighted by Crippen LogP contribution is -2.42. The van der Waals surface area contributed by atoms with Crippen molar-refractivity contribution in [2.75, 3.05) is 20.8 Å². The van der Waals surface area contributed by atoms with Gasteiger partial charge in [0, 0.05) is 6.08 Å². The molecule has 0 spiro atoms. The van der Waals surface area contributed by atoms with Crippen LogP contribution in [-0.2, 0) is 35.2 Å². The van der Waals surface area contributed by atoms with E-state index in [9.17, 15) is 14.4 Å². The number of carbonyl (C=O) groups excluding carboxylic acids is 3. The highest BCUT2D eigenvalue weighted by Crippen LogP contribution is 2.01. The Hall–Kier alpha value is -2.67. The summed E-state index contributed by atoms with van der Waals surface area (Å²) in [5.41, 5.74) is 0.941. The van der Waals surface area contributed by atoms with Crippen molar-refractivity contribution in [1.29, 1.82) is 0 Å². The molecule has 0 radical (unpaired) electrons. The number of hydrogen-bond donors (Lipinski definition) is 1. The van der Waals surface area contributed by atoms with Crippen LogP contribution < -0.4 is 5.32 Å². The van der Waals surface area contributed by atoms with E-state index < -0.39 is 23.9 Å². The molecule has 0 aliphatic carbocycles. The molecule has 24 heavy (non-hydrogen) atoms. The molecule has 0 aromatic heterocycles. The quantitative estimate of drug-likeness (QED) is 0.534. The van der Waals surface area contributed by atoms with Gasteiger partial charge in [-0.2, -0.15) is 0 Å². The minimum Gasteiger partial charge on any atom is -0.467 e. The van der Waals surface area contributed by atoms with E-state index in [0.717, 1.165) is 5.56 Å². The molecule has 0 bridgehead atoms. The lowest BCUT2D eigenvalue weighted by molar-refractivity contribution is -0.145. The molecule has 0 unspecified atom stereocenters. The van der Waals surface area contributed by atoms with Crippen LogP contribution in [0.4, 0.5) is 0 Å². The summed E-state index contributed by atoms with van der Waals surface area (Å²) in [4.78, 5) is 34.5. The molecule has 130 valence electrons. The maximum absolute atomic E-state index is 11.9. The van der Waals surface area contributed by atoms with Crippen LogP contribution in [0, 0.1) is 0 Å². The van der Waals surface area contributed by atoms with Crippen LogP contribution in [0.1, 0.15) is 12.0 Å². The predicted molar refractivity (Wildman–Crippen MR) is 85.8 cm³/mol. The van der Waals surface area contributed by atoms with Gasteiger partial charge in [0.2, 0.25) is 5.91 Å². The Bertz CT molecular complexity index is 570. The first-order valence-electron chi connectivity index (χ1n) is 7.30. The van der Waals surface area contributed by atoms with Gasteiger partial charge in [-0.25, -0.2) is 9.59 Å². The van der Waals surface area contributed by atoms with Crippen LogP contribution >= 0.6 is 0 Å². The van der Waals surface area contributed by atoms with E-state index in [1.165, 1.54) is 26.4 Å². The molecule has 1 aromatic rings. The number of amides is 1. The van der Waals surface area contributed by atoms with Crippen molar-refractivity contribution in [2.45, 2.75) is 19.1 Å². The lowest BCUT2D eigenvalue weighted by Gasteiger charge is -2.15. The van der Waals surface area contributed by atoms with E-state index in [2.05, 4.69) is 14.8 Å². The van der Waals surface area contributed by atoms with Gasteiger partial charge in [-0.1, -0.05) is 36.4 Å². The zero-order valence-corrected chi connectivity index (χ0v) is 13.7. The second kappa shape index (κ2) is 11.0. The Morgan fingerprint density at radius 1 is 1.12 bits per heavy atom. The molecule has 0 aliphatic rings. The van der Waals surface area contributed by atoms with Gasteiger partial charge in [0.05, 0.1) is 20.8 Å². The average molecular weight is 335 g/mol. The zero-order valence-electron chi connectivity index (χ0n) is 13.7. The molecule has 1 aromatic carbocycles. The standard InChI is InChI=1S/C17H21NO6/c1-22-16(20)10-6-9-14(17(21)23-2)18-15(19)12-24-11-13-7-4-3-5-8-13/h3-8,10,14H,9,11-12H2,1-2H3,(H,18,19)/b10-6+/t14-/m1/s1. The van der Waals surface area contributed by atoms with Crippen molar-refractivity contribution in [3.05, 3.63) is 48.0 Å². The van der Waals surface area contributed by atoms with Crippen molar-refractivity contribution >= 4 is 17.8 Å². The predicted octanol–water partition coefficient (Wildman–Crippen LogP) is 0.980. The number of methoxy groups -OCH3 is 2. The molecule has 0 heterocycles. The summed E-state index contributed by atoms with van der Waals surface area (Å²) in [6.07, 6.45) is 2.71. The van der Waals surface area contributed by atoms with E-state index in [1.54, 1.807) is 0 Å². The second-order valence-corrected chi connectivity index (χ2v) is 4.78. The van der Waals surface area contributed by atoms with Gasteiger partial charge in [-0.05, 0) is 12.0 Å². The first-order valence-corrected chi connectivity index (χ1v) is 7.30. The van der Waals surface area contributed by atoms with Crippen molar-refractivity contribution in [3.63, 3.8) is 0 Å². The topological polar surface area (TPSA) is 90.9 Å². The molecule has 7 nitrogen and oxygen atoms in total. The average Bonchev–Trinajstić information content (AvgIpc) is 2.60. The Morgan fingerprint density at radius 2 is 1.83 bits per heavy atom. The lowest BCUT2D eigenvalue weighted by atomic mass is 10.2. The summed E-state index contributed by atoms with van der Waals surface area (Å²) < 4.78 is 14.4. The fraction of sp³-hybridized carbons (Fsp3) is 0.353. The van der Waals surface area contributed by atoms with Crippen molar-refractivity contribution in [3.8, 4) is 0 Å². The Balaban J connectivity index is 2.44. The molecule has 0 fully saturated rings. The third-order valence-electron chi connectivity index (χ3n) is 2.99. The summed E-state index contributed by atoms with van der Waals surface area (Å²) in [5, 5.41) is 2.50. The first-order chi connectivity index (χ1) is 11.6. The van der Waals surface area contributed by atoms with Crippen LogP contribution in [0.3, 0.4) is 0 Å². The van der Waals surface area contributed by atoms with E-state index in [0.29, 0.717) is 6.61 Å². The number of ether oxygens (including phenoxy) is 3. The molecular weight excluding hydrogens is 314 g/mol. The third-order valence-corrected chi connectivity index (χ3v) is 2.99. The smallest absolute Gasteiger partial charge is 0.330 e. The number of nitrogens with one attached hydrogen (secondary N) is 1. The van der Waals surface area contributed by atoms with Gasteiger partial charge in [-0.15, -0.1) is 0 Å². The maximum Gasteiger partial charge on any atom is 0.330 e. The van der Waals surface area contributed by atoms with Crippen LogP contribution in [0.25, 0.3) is 0 Å². The summed E-state index contributed by atoms with van der Waals surface area (Å²) in [5.74, 6) is -1.61. The molecule has 0 aliphatic heterocycles. The van der Waals surface area contributed by atoms with Gasteiger partial charge < -0.3 is 19.5 Å². The van der Waals surface area contributed by atoms with E-state index >= 15 is 0 Å². The molecule has 1 rings (SSSR count). The fourth-order valence-electron chi connectivity index (χ4n) is 1.80. The van der Waals surface area contributed by atoms with Gasteiger partial charge in [-0.3, -0.25) is 4.79 Å². The van der Waals surface area contributed by atoms with E-state index in [1.807, 2.05) is 30.3 Å². The van der Waals surface area contributed by atoms with Crippen molar-refractivity contribution in [2.24, 2.45) is 0 Å². The monoisotopic (exact) mass is 335 g/mol. The van der Waals surface area contributed by atoms with Gasteiger partial charge in [0.15, 0.2) is 0 Å². The Kier molecular flexibility index (Phi) is 8.85.